The van der Waals surface area contributed by atoms with Gasteiger partial charge >= 0.3 is 0 Å². The molecular formula is C16H14N4OS. The molecule has 3 aromatic rings. The van der Waals surface area contributed by atoms with Crippen molar-refractivity contribution in [1.82, 2.24) is 15.2 Å². The Bertz CT molecular complexity index is 791. The molecule has 0 atom stereocenters. The first-order chi connectivity index (χ1) is 10.7. The van der Waals surface area contributed by atoms with Crippen molar-refractivity contribution < 1.29 is 4.79 Å². The SMILES string of the molecule is CC(=O)N/N=C/c1cn(-c2ccccc2)nc1-c1cccs1. The molecule has 0 aliphatic rings. The van der Waals surface area contributed by atoms with Crippen molar-refractivity contribution in [3.8, 4) is 16.3 Å². The number of carbonyl (C=O) groups is 1. The van der Waals surface area contributed by atoms with Gasteiger partial charge in [0, 0.05) is 18.7 Å². The summed E-state index contributed by atoms with van der Waals surface area (Å²) in [5.74, 6) is -0.204. The maximum absolute atomic E-state index is 10.9. The van der Waals surface area contributed by atoms with Crippen molar-refractivity contribution in [2.24, 2.45) is 5.10 Å². The van der Waals surface area contributed by atoms with E-state index in [2.05, 4.69) is 15.6 Å². The molecule has 0 radical (unpaired) electrons. The maximum Gasteiger partial charge on any atom is 0.236 e. The average molecular weight is 310 g/mol. The first kappa shape index (κ1) is 14.2. The van der Waals surface area contributed by atoms with Gasteiger partial charge in [-0.2, -0.15) is 10.2 Å². The van der Waals surface area contributed by atoms with E-state index in [-0.39, 0.29) is 5.91 Å². The van der Waals surface area contributed by atoms with Gasteiger partial charge in [0.2, 0.25) is 5.91 Å². The smallest absolute Gasteiger partial charge is 0.236 e. The van der Waals surface area contributed by atoms with E-state index in [0.717, 1.165) is 21.8 Å². The molecule has 2 heterocycles. The summed E-state index contributed by atoms with van der Waals surface area (Å²) in [6.45, 7) is 1.42. The first-order valence-corrected chi connectivity index (χ1v) is 7.60. The Balaban J connectivity index is 2.01. The number of amides is 1. The molecule has 0 aliphatic carbocycles. The molecule has 0 bridgehead atoms. The summed E-state index contributed by atoms with van der Waals surface area (Å²) in [6.07, 6.45) is 3.51. The fourth-order valence-electron chi connectivity index (χ4n) is 1.99. The quantitative estimate of drug-likeness (QED) is 0.594. The van der Waals surface area contributed by atoms with Crippen LogP contribution in [0.15, 0.2) is 59.1 Å². The number of hydrazone groups is 1. The van der Waals surface area contributed by atoms with E-state index in [1.807, 2.05) is 58.7 Å². The van der Waals surface area contributed by atoms with Crippen LogP contribution < -0.4 is 5.43 Å². The number of thiophene rings is 1. The van der Waals surface area contributed by atoms with E-state index in [1.54, 1.807) is 17.6 Å². The number of benzene rings is 1. The highest BCUT2D eigenvalue weighted by Gasteiger charge is 2.11. The van der Waals surface area contributed by atoms with Gasteiger partial charge in [-0.15, -0.1) is 11.3 Å². The third kappa shape index (κ3) is 3.12. The van der Waals surface area contributed by atoms with Gasteiger partial charge in [0.25, 0.3) is 0 Å². The van der Waals surface area contributed by atoms with E-state index in [9.17, 15) is 4.79 Å². The summed E-state index contributed by atoms with van der Waals surface area (Å²) in [6, 6.07) is 13.9. The Labute approximate surface area is 131 Å². The predicted octanol–water partition coefficient (Wildman–Crippen LogP) is 3.07. The molecule has 22 heavy (non-hydrogen) atoms. The van der Waals surface area contributed by atoms with E-state index >= 15 is 0 Å². The fraction of sp³-hybridized carbons (Fsp3) is 0.0625. The predicted molar refractivity (Wildman–Crippen MR) is 88.3 cm³/mol. The highest BCUT2D eigenvalue weighted by Crippen LogP contribution is 2.26. The molecule has 5 nitrogen and oxygen atoms in total. The summed E-state index contributed by atoms with van der Waals surface area (Å²) >= 11 is 1.61. The minimum absolute atomic E-state index is 0.204. The van der Waals surface area contributed by atoms with Crippen LogP contribution in [0.5, 0.6) is 0 Å². The summed E-state index contributed by atoms with van der Waals surface area (Å²) in [5, 5.41) is 10.6. The van der Waals surface area contributed by atoms with Crippen LogP contribution in [-0.2, 0) is 4.79 Å². The molecule has 2 aromatic heterocycles. The molecular weight excluding hydrogens is 296 g/mol. The van der Waals surface area contributed by atoms with Crippen molar-refractivity contribution in [2.75, 3.05) is 0 Å². The summed E-state index contributed by atoms with van der Waals surface area (Å²) in [7, 11) is 0. The van der Waals surface area contributed by atoms with Crippen molar-refractivity contribution >= 4 is 23.5 Å². The van der Waals surface area contributed by atoms with E-state index in [1.165, 1.54) is 6.92 Å². The number of carbonyl (C=O) groups excluding carboxylic acids is 1. The Morgan fingerprint density at radius 3 is 2.77 bits per heavy atom. The van der Waals surface area contributed by atoms with Crippen molar-refractivity contribution in [1.29, 1.82) is 0 Å². The third-order valence-corrected chi connectivity index (χ3v) is 3.82. The van der Waals surface area contributed by atoms with Gasteiger partial charge in [0.1, 0.15) is 5.69 Å². The second-order valence-corrected chi connectivity index (χ2v) is 5.56. The van der Waals surface area contributed by atoms with Crippen molar-refractivity contribution in [2.45, 2.75) is 6.92 Å². The lowest BCUT2D eigenvalue weighted by Gasteiger charge is -1.98. The van der Waals surface area contributed by atoms with Gasteiger partial charge in [-0.3, -0.25) is 4.79 Å². The average Bonchev–Trinajstić information content (AvgIpc) is 3.16. The van der Waals surface area contributed by atoms with Gasteiger partial charge in [-0.25, -0.2) is 10.1 Å². The van der Waals surface area contributed by atoms with Gasteiger partial charge in [0.15, 0.2) is 0 Å². The van der Waals surface area contributed by atoms with Crippen LogP contribution in [0.2, 0.25) is 0 Å². The molecule has 0 aliphatic heterocycles. The molecule has 0 saturated heterocycles. The van der Waals surface area contributed by atoms with Gasteiger partial charge in [0.05, 0.1) is 16.8 Å². The second kappa shape index (κ2) is 6.36. The highest BCUT2D eigenvalue weighted by atomic mass is 32.1. The zero-order valence-electron chi connectivity index (χ0n) is 11.9. The monoisotopic (exact) mass is 310 g/mol. The molecule has 0 fully saturated rings. The zero-order chi connectivity index (χ0) is 15.4. The molecule has 0 saturated carbocycles. The van der Waals surface area contributed by atoms with E-state index < -0.39 is 0 Å². The van der Waals surface area contributed by atoms with Crippen LogP contribution in [-0.4, -0.2) is 21.9 Å². The van der Waals surface area contributed by atoms with Crippen LogP contribution in [0.3, 0.4) is 0 Å². The molecule has 110 valence electrons. The number of hydrogen-bond donors (Lipinski definition) is 1. The van der Waals surface area contributed by atoms with Crippen LogP contribution in [0, 0.1) is 0 Å². The summed E-state index contributed by atoms with van der Waals surface area (Å²) in [4.78, 5) is 12.0. The Morgan fingerprint density at radius 2 is 2.09 bits per heavy atom. The van der Waals surface area contributed by atoms with Crippen LogP contribution >= 0.6 is 11.3 Å². The fourth-order valence-corrected chi connectivity index (χ4v) is 2.72. The minimum Gasteiger partial charge on any atom is -0.274 e. The summed E-state index contributed by atoms with van der Waals surface area (Å²) < 4.78 is 1.81. The lowest BCUT2D eigenvalue weighted by atomic mass is 10.2. The Hall–Kier alpha value is -2.73. The lowest BCUT2D eigenvalue weighted by Crippen LogP contribution is -2.12. The van der Waals surface area contributed by atoms with Crippen molar-refractivity contribution in [3.63, 3.8) is 0 Å². The van der Waals surface area contributed by atoms with E-state index in [0.29, 0.717) is 0 Å². The minimum atomic E-state index is -0.204. The molecule has 1 N–H and O–H groups in total. The third-order valence-electron chi connectivity index (χ3n) is 2.94. The van der Waals surface area contributed by atoms with Crippen LogP contribution in [0.25, 0.3) is 16.3 Å². The first-order valence-electron chi connectivity index (χ1n) is 6.72. The molecule has 3 rings (SSSR count). The molecule has 1 aromatic carbocycles. The molecule has 6 heteroatoms. The maximum atomic E-state index is 10.9. The normalized spacial score (nSPS) is 11.0. The lowest BCUT2D eigenvalue weighted by molar-refractivity contribution is -0.118. The van der Waals surface area contributed by atoms with Crippen molar-refractivity contribution in [3.05, 3.63) is 59.6 Å². The molecule has 0 unspecified atom stereocenters. The number of nitrogens with zero attached hydrogens (tertiary/aromatic N) is 3. The number of nitrogens with one attached hydrogen (secondary N) is 1. The van der Waals surface area contributed by atoms with Gasteiger partial charge in [-0.1, -0.05) is 24.3 Å². The van der Waals surface area contributed by atoms with E-state index in [4.69, 9.17) is 0 Å². The molecule has 1 amide bonds. The zero-order valence-corrected chi connectivity index (χ0v) is 12.7. The highest BCUT2D eigenvalue weighted by molar-refractivity contribution is 7.13. The number of rotatable bonds is 4. The van der Waals surface area contributed by atoms with Gasteiger partial charge in [-0.05, 0) is 23.6 Å². The number of aromatic nitrogens is 2. The Kier molecular flexibility index (Phi) is 4.11. The Morgan fingerprint density at radius 1 is 1.27 bits per heavy atom. The summed E-state index contributed by atoms with van der Waals surface area (Å²) in [5.41, 5.74) is 5.07. The number of para-hydroxylation sites is 1. The molecule has 0 spiro atoms. The van der Waals surface area contributed by atoms with Crippen LogP contribution in [0.1, 0.15) is 12.5 Å². The second-order valence-electron chi connectivity index (χ2n) is 4.62. The largest absolute Gasteiger partial charge is 0.274 e. The van der Waals surface area contributed by atoms with Gasteiger partial charge < -0.3 is 0 Å². The standard InChI is InChI=1S/C16H14N4OS/c1-12(21)18-17-10-13-11-20(14-6-3-2-4-7-14)19-16(13)15-8-5-9-22-15/h2-11H,1H3,(H,18,21)/b17-10+. The topological polar surface area (TPSA) is 59.3 Å². The van der Waals surface area contributed by atoms with Crippen LogP contribution in [0.4, 0.5) is 0 Å². The number of hydrogen-bond acceptors (Lipinski definition) is 4.